The van der Waals surface area contributed by atoms with E-state index in [1.165, 1.54) is 13.2 Å². The van der Waals surface area contributed by atoms with Gasteiger partial charge >= 0.3 is 0 Å². The molecule has 2 aromatic carbocycles. The van der Waals surface area contributed by atoms with E-state index in [4.69, 9.17) is 18.6 Å². The Hall–Kier alpha value is -3.35. The van der Waals surface area contributed by atoms with E-state index in [0.717, 1.165) is 0 Å². The molecule has 1 unspecified atom stereocenters. The van der Waals surface area contributed by atoms with Crippen LogP contribution < -0.4 is 14.2 Å². The first-order valence-corrected chi connectivity index (χ1v) is 10.7. The fraction of sp³-hybridized carbons (Fsp3) is 0.360. The van der Waals surface area contributed by atoms with Crippen LogP contribution in [0.3, 0.4) is 0 Å². The number of rotatable bonds is 11. The molecule has 0 saturated carbocycles. The van der Waals surface area contributed by atoms with Gasteiger partial charge in [0, 0.05) is 25.3 Å². The summed E-state index contributed by atoms with van der Waals surface area (Å²) in [5.41, 5.74) is 1.89. The number of benzene rings is 2. The summed E-state index contributed by atoms with van der Waals surface area (Å²) in [6.45, 7) is 7.43. The molecule has 3 aromatic rings. The Morgan fingerprint density at radius 2 is 1.84 bits per heavy atom. The van der Waals surface area contributed by atoms with Crippen LogP contribution in [0.15, 0.2) is 53.1 Å². The van der Waals surface area contributed by atoms with Crippen molar-refractivity contribution in [1.82, 2.24) is 4.98 Å². The van der Waals surface area contributed by atoms with Gasteiger partial charge in [-0.3, -0.25) is 4.79 Å². The molecule has 1 aromatic heterocycles. The van der Waals surface area contributed by atoms with Gasteiger partial charge in [-0.2, -0.15) is 0 Å². The van der Waals surface area contributed by atoms with Crippen molar-refractivity contribution in [2.45, 2.75) is 53.0 Å². The van der Waals surface area contributed by atoms with Crippen molar-refractivity contribution in [2.24, 2.45) is 0 Å². The number of oxazole rings is 1. The van der Waals surface area contributed by atoms with Crippen LogP contribution in [0.25, 0.3) is 11.5 Å². The normalized spacial score (nSPS) is 11.9. The second-order valence-corrected chi connectivity index (χ2v) is 7.49. The largest absolute Gasteiger partial charge is 0.493 e. The van der Waals surface area contributed by atoms with Crippen molar-refractivity contribution in [3.8, 4) is 28.7 Å². The number of carbonyl (C=O) groups excluding carboxylic acids is 1. The van der Waals surface area contributed by atoms with E-state index in [0.29, 0.717) is 53.0 Å². The minimum atomic E-state index is -1.46. The minimum absolute atomic E-state index is 0.0203. The monoisotopic (exact) mass is 441 g/mol. The Labute approximate surface area is 187 Å². The Bertz CT molecular complexity index is 1040. The molecule has 1 atom stereocenters. The summed E-state index contributed by atoms with van der Waals surface area (Å²) in [5, 5.41) is 0. The van der Waals surface area contributed by atoms with Crippen molar-refractivity contribution in [1.29, 1.82) is 0 Å². The maximum absolute atomic E-state index is 13.3. The van der Waals surface area contributed by atoms with Crippen LogP contribution in [0.5, 0.6) is 17.2 Å². The molecule has 0 aliphatic rings. The third-order valence-corrected chi connectivity index (χ3v) is 4.49. The number of hydrogen-bond donors (Lipinski definition) is 0. The zero-order chi connectivity index (χ0) is 23.1. The highest BCUT2D eigenvalue weighted by atomic mass is 19.1. The average molecular weight is 441 g/mol. The molecule has 0 saturated heterocycles. The summed E-state index contributed by atoms with van der Waals surface area (Å²) in [6.07, 6.45) is 0.661. The van der Waals surface area contributed by atoms with E-state index in [-0.39, 0.29) is 18.3 Å². The van der Waals surface area contributed by atoms with Crippen molar-refractivity contribution in [3.05, 3.63) is 60.0 Å². The first-order chi connectivity index (χ1) is 15.4. The summed E-state index contributed by atoms with van der Waals surface area (Å²) < 4.78 is 35.4. The molecular weight excluding hydrogens is 413 g/mol. The highest BCUT2D eigenvalue weighted by Gasteiger charge is 2.16. The van der Waals surface area contributed by atoms with E-state index >= 15 is 0 Å². The van der Waals surface area contributed by atoms with Crippen molar-refractivity contribution >= 4 is 5.78 Å². The van der Waals surface area contributed by atoms with Gasteiger partial charge in [-0.05, 0) is 51.1 Å². The van der Waals surface area contributed by atoms with E-state index in [1.54, 1.807) is 30.3 Å². The highest BCUT2D eigenvalue weighted by molar-refractivity contribution is 5.98. The predicted octanol–water partition coefficient (Wildman–Crippen LogP) is 6.04. The number of carbonyl (C=O) groups is 1. The van der Waals surface area contributed by atoms with Gasteiger partial charge in [0.15, 0.2) is 17.3 Å². The Balaban J connectivity index is 1.72. The van der Waals surface area contributed by atoms with Crippen LogP contribution in [-0.4, -0.2) is 29.8 Å². The molecule has 170 valence electrons. The maximum Gasteiger partial charge on any atom is 0.236 e. The van der Waals surface area contributed by atoms with Crippen molar-refractivity contribution in [2.75, 3.05) is 6.61 Å². The fourth-order valence-electron chi connectivity index (χ4n) is 3.17. The van der Waals surface area contributed by atoms with E-state index in [2.05, 4.69) is 4.98 Å². The molecule has 0 amide bonds. The number of ketones is 1. The summed E-state index contributed by atoms with van der Waals surface area (Å²) >= 11 is 0. The molecule has 3 rings (SSSR count). The zero-order valence-electron chi connectivity index (χ0n) is 18.8. The van der Waals surface area contributed by atoms with E-state index in [9.17, 15) is 9.18 Å². The van der Waals surface area contributed by atoms with Crippen LogP contribution in [0, 0.1) is 0 Å². The van der Waals surface area contributed by atoms with Crippen LogP contribution in [0.1, 0.15) is 50.2 Å². The van der Waals surface area contributed by atoms with Crippen LogP contribution in [0.4, 0.5) is 4.39 Å². The number of nitrogens with zero attached hydrogens (tertiary/aromatic N) is 1. The first-order valence-electron chi connectivity index (χ1n) is 10.7. The van der Waals surface area contributed by atoms with Gasteiger partial charge in [0.25, 0.3) is 0 Å². The lowest BCUT2D eigenvalue weighted by molar-refractivity contribution is 0.0796. The van der Waals surface area contributed by atoms with Crippen LogP contribution in [-0.2, 0) is 6.42 Å². The quantitative estimate of drug-likeness (QED) is 0.338. The molecule has 6 nitrogen and oxygen atoms in total. The smallest absolute Gasteiger partial charge is 0.236 e. The molecule has 0 fully saturated rings. The summed E-state index contributed by atoms with van der Waals surface area (Å²) in [7, 11) is 0. The van der Waals surface area contributed by atoms with Gasteiger partial charge < -0.3 is 18.6 Å². The highest BCUT2D eigenvalue weighted by Crippen LogP contribution is 2.34. The molecule has 7 heteroatoms. The average Bonchev–Trinajstić information content (AvgIpc) is 3.22. The molecular formula is C25H28FNO5. The Morgan fingerprint density at radius 1 is 1.06 bits per heavy atom. The lowest BCUT2D eigenvalue weighted by atomic mass is 10.0. The standard InChI is InChI=1S/C25H28FNO5/c1-5-29-22-9-7-6-8-20(22)21(28)12-11-19-15-30-25(27-19)18-10-13-23(32-17(4)26)24(14-18)31-16(2)3/h6-10,13-17H,5,11-12H2,1-4H3. The number of para-hydroxylation sites is 1. The van der Waals surface area contributed by atoms with Crippen molar-refractivity contribution in [3.63, 3.8) is 0 Å². The molecule has 0 N–H and O–H groups in total. The van der Waals surface area contributed by atoms with E-state index in [1.807, 2.05) is 32.9 Å². The zero-order valence-corrected chi connectivity index (χ0v) is 18.8. The summed E-state index contributed by atoms with van der Waals surface area (Å²) in [6, 6.07) is 12.3. The molecule has 0 radical (unpaired) electrons. The summed E-state index contributed by atoms with van der Waals surface area (Å²) in [5.74, 6) is 1.67. The number of hydrogen-bond acceptors (Lipinski definition) is 6. The third kappa shape index (κ3) is 6.09. The number of aromatic nitrogens is 1. The number of Topliss-reactive ketones (excluding diaryl/α,β-unsaturated/α-hetero) is 1. The summed E-state index contributed by atoms with van der Waals surface area (Å²) in [4.78, 5) is 17.2. The molecule has 32 heavy (non-hydrogen) atoms. The van der Waals surface area contributed by atoms with Gasteiger partial charge in [-0.1, -0.05) is 12.1 Å². The predicted molar refractivity (Wildman–Crippen MR) is 119 cm³/mol. The Kier molecular flexibility index (Phi) is 7.87. The second-order valence-electron chi connectivity index (χ2n) is 7.49. The number of halogens is 1. The third-order valence-electron chi connectivity index (χ3n) is 4.49. The Morgan fingerprint density at radius 3 is 2.56 bits per heavy atom. The molecule has 0 bridgehead atoms. The van der Waals surface area contributed by atoms with Gasteiger partial charge in [-0.15, -0.1) is 0 Å². The second kappa shape index (κ2) is 10.8. The minimum Gasteiger partial charge on any atom is -0.493 e. The van der Waals surface area contributed by atoms with E-state index < -0.39 is 6.36 Å². The molecule has 0 spiro atoms. The van der Waals surface area contributed by atoms with Gasteiger partial charge in [0.1, 0.15) is 12.0 Å². The van der Waals surface area contributed by atoms with Crippen LogP contribution in [0.2, 0.25) is 0 Å². The van der Waals surface area contributed by atoms with Crippen molar-refractivity contribution < 1.29 is 27.8 Å². The van der Waals surface area contributed by atoms with Gasteiger partial charge in [0.05, 0.1) is 24.0 Å². The number of ether oxygens (including phenoxy) is 3. The molecule has 1 heterocycles. The molecule has 0 aliphatic carbocycles. The lowest BCUT2D eigenvalue weighted by Gasteiger charge is -2.16. The first kappa shape index (κ1) is 23.3. The lowest BCUT2D eigenvalue weighted by Crippen LogP contribution is -2.10. The number of aryl methyl sites for hydroxylation is 1. The van der Waals surface area contributed by atoms with Gasteiger partial charge in [-0.25, -0.2) is 9.37 Å². The van der Waals surface area contributed by atoms with Crippen LogP contribution >= 0.6 is 0 Å². The van der Waals surface area contributed by atoms with Gasteiger partial charge in [0.2, 0.25) is 12.2 Å². The SMILES string of the molecule is CCOc1ccccc1C(=O)CCc1coc(-c2ccc(OC(C)F)c(OC(C)C)c2)n1. The topological polar surface area (TPSA) is 70.8 Å². The number of alkyl halides is 1. The molecule has 0 aliphatic heterocycles. The maximum atomic E-state index is 13.3. The fourth-order valence-corrected chi connectivity index (χ4v) is 3.17.